The van der Waals surface area contributed by atoms with E-state index in [0.29, 0.717) is 58.2 Å². The zero-order valence-corrected chi connectivity index (χ0v) is 27.2. The number of ketones is 1. The number of halogens is 3. The molecule has 3 amide bonds. The van der Waals surface area contributed by atoms with Crippen molar-refractivity contribution in [3.63, 3.8) is 0 Å². The summed E-state index contributed by atoms with van der Waals surface area (Å²) in [6.45, 7) is -1.52. The average molecular weight is 675 g/mol. The molecule has 1 aliphatic heterocycles. The zero-order valence-electron chi connectivity index (χ0n) is 27.2. The van der Waals surface area contributed by atoms with Gasteiger partial charge in [0.2, 0.25) is 18.5 Å². The Morgan fingerprint density at radius 2 is 1.77 bits per heavy atom. The van der Waals surface area contributed by atoms with Gasteiger partial charge < -0.3 is 34.2 Å². The summed E-state index contributed by atoms with van der Waals surface area (Å²) in [4.78, 5) is 56.8. The lowest BCUT2D eigenvalue weighted by Crippen LogP contribution is -2.49. The van der Waals surface area contributed by atoms with Crippen LogP contribution >= 0.6 is 0 Å². The number of hydrogen-bond donors (Lipinski definition) is 2. The first kappa shape index (κ1) is 35.9. The number of ether oxygens (including phenoxy) is 3. The highest BCUT2D eigenvalue weighted by Gasteiger charge is 2.51. The quantitative estimate of drug-likeness (QED) is 0.109. The van der Waals surface area contributed by atoms with E-state index in [1.807, 2.05) is 0 Å². The van der Waals surface area contributed by atoms with Gasteiger partial charge in [-0.1, -0.05) is 6.07 Å². The normalized spacial score (nSPS) is 15.6. The Morgan fingerprint density at radius 1 is 1.02 bits per heavy atom. The summed E-state index contributed by atoms with van der Waals surface area (Å²) in [5.41, 5.74) is 1.18. The third-order valence-corrected chi connectivity index (χ3v) is 7.88. The van der Waals surface area contributed by atoms with Gasteiger partial charge in [-0.25, -0.2) is 8.78 Å². The standard InChI is InChI=1S/C33H38F3N5O7/c1-41(2,20-34)12-5-13-48-22-7-8-25-24(15-22)23(10-11-37-25)31(44)39-18-29(42)40-19-33(35,36)16-26(40)30(43)32(45)38-17-21-6-9-27(46-3)28(14-21)47-4/h6-11,14-15,26H,5,12-13,16-20H2,1-4H3,(H-,38,39,44,45)/p+1/t26-/m0/s1. The number of rotatable bonds is 15. The Kier molecular flexibility index (Phi) is 11.5. The summed E-state index contributed by atoms with van der Waals surface area (Å²) in [7, 11) is 6.43. The number of aromatic nitrogens is 1. The summed E-state index contributed by atoms with van der Waals surface area (Å²) >= 11 is 0. The van der Waals surface area contributed by atoms with E-state index in [0.717, 1.165) is 0 Å². The van der Waals surface area contributed by atoms with Crippen LogP contribution in [0.4, 0.5) is 13.2 Å². The maximum Gasteiger partial charge on any atom is 0.289 e. The number of benzene rings is 2. The van der Waals surface area contributed by atoms with Crippen LogP contribution in [0.3, 0.4) is 0 Å². The number of nitrogens with one attached hydrogen (secondary N) is 2. The van der Waals surface area contributed by atoms with E-state index in [2.05, 4.69) is 15.6 Å². The summed E-state index contributed by atoms with van der Waals surface area (Å²) in [5, 5.41) is 5.25. The Balaban J connectivity index is 1.38. The van der Waals surface area contributed by atoms with Gasteiger partial charge in [-0.05, 0) is 42.0 Å². The number of methoxy groups -OCH3 is 2. The predicted molar refractivity (Wildman–Crippen MR) is 169 cm³/mol. The van der Waals surface area contributed by atoms with Crippen LogP contribution in [-0.2, 0) is 20.9 Å². The number of pyridine rings is 1. The van der Waals surface area contributed by atoms with Crippen molar-refractivity contribution in [2.45, 2.75) is 31.4 Å². The van der Waals surface area contributed by atoms with Crippen LogP contribution in [0, 0.1) is 0 Å². The molecule has 0 bridgehead atoms. The van der Waals surface area contributed by atoms with Crippen molar-refractivity contribution >= 4 is 34.4 Å². The van der Waals surface area contributed by atoms with Gasteiger partial charge in [0.1, 0.15) is 11.8 Å². The Morgan fingerprint density at radius 3 is 2.48 bits per heavy atom. The van der Waals surface area contributed by atoms with Crippen molar-refractivity contribution in [2.75, 3.05) is 61.4 Å². The van der Waals surface area contributed by atoms with Crippen molar-refractivity contribution < 1.29 is 51.0 Å². The van der Waals surface area contributed by atoms with Crippen LogP contribution < -0.4 is 24.8 Å². The topological polar surface area (TPSA) is 136 Å². The summed E-state index contributed by atoms with van der Waals surface area (Å²) in [5.74, 6) is -6.09. The number of likely N-dealkylation sites (tertiary alicyclic amines) is 1. The Bertz CT molecular complexity index is 1670. The van der Waals surface area contributed by atoms with E-state index in [9.17, 15) is 32.3 Å². The molecule has 2 N–H and O–H groups in total. The van der Waals surface area contributed by atoms with Gasteiger partial charge in [-0.3, -0.25) is 24.2 Å². The number of hydrogen-bond acceptors (Lipinski definition) is 8. The lowest BCUT2D eigenvalue weighted by Gasteiger charge is -2.25. The molecule has 48 heavy (non-hydrogen) atoms. The zero-order chi connectivity index (χ0) is 35.1. The highest BCUT2D eigenvalue weighted by atomic mass is 19.3. The van der Waals surface area contributed by atoms with E-state index in [4.69, 9.17) is 14.2 Å². The van der Waals surface area contributed by atoms with Gasteiger partial charge in [-0.15, -0.1) is 0 Å². The molecule has 0 unspecified atom stereocenters. The Labute approximate surface area is 275 Å². The third-order valence-electron chi connectivity index (χ3n) is 7.88. The number of nitrogens with zero attached hydrogens (tertiary/aromatic N) is 3. The van der Waals surface area contributed by atoms with Gasteiger partial charge in [0.05, 0.1) is 65.6 Å². The molecule has 2 heterocycles. The van der Waals surface area contributed by atoms with Gasteiger partial charge >= 0.3 is 0 Å². The van der Waals surface area contributed by atoms with Crippen LogP contribution in [0.2, 0.25) is 0 Å². The minimum absolute atomic E-state index is 0.110. The highest BCUT2D eigenvalue weighted by molar-refractivity contribution is 6.38. The minimum Gasteiger partial charge on any atom is -0.493 e. The Hall–Kier alpha value is -4.92. The number of carbonyl (C=O) groups excluding carboxylic acids is 4. The molecule has 1 aliphatic rings. The SMILES string of the molecule is COc1ccc(CNC(=O)C(=O)[C@@H]2CC(F)(F)CN2C(=O)CNC(=O)c2ccnc3ccc(OCCC[N+](C)(C)CF)cc23)cc1OC. The lowest BCUT2D eigenvalue weighted by molar-refractivity contribution is -0.902. The number of carbonyl (C=O) groups is 4. The van der Waals surface area contributed by atoms with Gasteiger partial charge in [0.25, 0.3) is 17.7 Å². The summed E-state index contributed by atoms with van der Waals surface area (Å²) < 4.78 is 58.4. The van der Waals surface area contributed by atoms with E-state index < -0.39 is 61.8 Å². The third kappa shape index (κ3) is 8.91. The molecule has 1 fully saturated rings. The van der Waals surface area contributed by atoms with Gasteiger partial charge in [-0.2, -0.15) is 4.39 Å². The first-order chi connectivity index (χ1) is 22.8. The van der Waals surface area contributed by atoms with Crippen molar-refractivity contribution in [3.8, 4) is 17.2 Å². The second-order valence-electron chi connectivity index (χ2n) is 12.0. The van der Waals surface area contributed by atoms with Crippen LogP contribution in [0.5, 0.6) is 17.2 Å². The number of amides is 3. The molecule has 0 radical (unpaired) electrons. The predicted octanol–water partition coefficient (Wildman–Crippen LogP) is 2.88. The molecular weight excluding hydrogens is 635 g/mol. The average Bonchev–Trinajstić information content (AvgIpc) is 3.42. The monoisotopic (exact) mass is 674 g/mol. The second-order valence-corrected chi connectivity index (χ2v) is 12.0. The van der Waals surface area contributed by atoms with Crippen molar-refractivity contribution in [1.82, 2.24) is 20.5 Å². The molecule has 0 aliphatic carbocycles. The minimum atomic E-state index is -3.41. The van der Waals surface area contributed by atoms with E-state index >= 15 is 0 Å². The fraction of sp³-hybridized carbons (Fsp3) is 0.424. The molecular formula is C33H39F3N5O7+. The smallest absolute Gasteiger partial charge is 0.289 e. The lowest BCUT2D eigenvalue weighted by atomic mass is 10.1. The maximum atomic E-state index is 14.5. The van der Waals surface area contributed by atoms with Gasteiger partial charge in [0, 0.05) is 31.0 Å². The van der Waals surface area contributed by atoms with E-state index in [-0.39, 0.29) is 16.6 Å². The van der Waals surface area contributed by atoms with Crippen molar-refractivity contribution in [1.29, 1.82) is 0 Å². The molecule has 1 aromatic heterocycles. The first-order valence-corrected chi connectivity index (χ1v) is 15.2. The molecule has 12 nitrogen and oxygen atoms in total. The number of fused-ring (bicyclic) bond motifs is 1. The molecule has 3 aromatic rings. The van der Waals surface area contributed by atoms with Crippen LogP contribution in [0.15, 0.2) is 48.7 Å². The molecule has 0 saturated carbocycles. The summed E-state index contributed by atoms with van der Waals surface area (Å²) in [6, 6.07) is 9.50. The fourth-order valence-corrected chi connectivity index (χ4v) is 5.23. The molecule has 15 heteroatoms. The molecule has 4 rings (SSSR count). The van der Waals surface area contributed by atoms with Crippen LogP contribution in [0.1, 0.15) is 28.8 Å². The van der Waals surface area contributed by atoms with E-state index in [1.165, 1.54) is 26.5 Å². The number of quaternary nitrogens is 1. The fourth-order valence-electron chi connectivity index (χ4n) is 5.23. The largest absolute Gasteiger partial charge is 0.493 e. The molecule has 258 valence electrons. The van der Waals surface area contributed by atoms with Crippen LogP contribution in [0.25, 0.3) is 10.9 Å². The van der Waals surface area contributed by atoms with Crippen molar-refractivity contribution in [2.24, 2.45) is 0 Å². The first-order valence-electron chi connectivity index (χ1n) is 15.2. The van der Waals surface area contributed by atoms with Gasteiger partial charge in [0.15, 0.2) is 11.5 Å². The molecule has 0 spiro atoms. The number of Topliss-reactive ketones (excluding diaryl/α,β-unsaturated/α-hetero) is 1. The second kappa shape index (κ2) is 15.3. The molecule has 1 saturated heterocycles. The van der Waals surface area contributed by atoms with Crippen molar-refractivity contribution in [3.05, 3.63) is 59.8 Å². The molecule has 2 aromatic carbocycles. The van der Waals surface area contributed by atoms with Crippen LogP contribution in [-0.4, -0.2) is 111 Å². The maximum absolute atomic E-state index is 14.5. The van der Waals surface area contributed by atoms with E-state index in [1.54, 1.807) is 50.5 Å². The summed E-state index contributed by atoms with van der Waals surface area (Å²) in [6.07, 6.45) is 0.973. The molecule has 1 atom stereocenters. The highest BCUT2D eigenvalue weighted by Crippen LogP contribution is 2.33. The number of alkyl halides is 3.